The van der Waals surface area contributed by atoms with Crippen LogP contribution in [0.15, 0.2) is 11.6 Å². The first-order valence-corrected chi connectivity index (χ1v) is 3.31. The molecule has 1 aromatic heterocycles. The molecular formula is C5H6N2OS. The van der Waals surface area contributed by atoms with E-state index in [4.69, 9.17) is 0 Å². The van der Waals surface area contributed by atoms with E-state index in [0.717, 1.165) is 9.75 Å². The van der Waals surface area contributed by atoms with Crippen molar-refractivity contribution in [3.8, 4) is 0 Å². The summed E-state index contributed by atoms with van der Waals surface area (Å²) in [7, 11) is 1.43. The van der Waals surface area contributed by atoms with Crippen LogP contribution in [0.3, 0.4) is 0 Å². The van der Waals surface area contributed by atoms with Gasteiger partial charge in [0.2, 0.25) is 6.21 Å². The maximum absolute atomic E-state index is 10.3. The molecule has 0 fully saturated rings. The predicted molar refractivity (Wildman–Crippen MR) is 36.8 cm³/mol. The monoisotopic (exact) mass is 142 g/mol. The summed E-state index contributed by atoms with van der Waals surface area (Å²) in [4.78, 5) is 3.88. The van der Waals surface area contributed by atoms with Gasteiger partial charge in [0.05, 0.1) is 0 Å². The number of nitrogens with zero attached hydrogens (tertiary/aromatic N) is 2. The topological polar surface area (TPSA) is 39.0 Å². The van der Waals surface area contributed by atoms with E-state index in [1.54, 1.807) is 6.20 Å². The first-order valence-electron chi connectivity index (χ1n) is 2.43. The summed E-state index contributed by atoms with van der Waals surface area (Å²) in [6, 6.07) is 0. The predicted octanol–water partition coefficient (Wildman–Crippen LogP) is 0.702. The van der Waals surface area contributed by atoms with Crippen LogP contribution in [0.25, 0.3) is 0 Å². The number of hydrogen-bond acceptors (Lipinski definition) is 3. The lowest BCUT2D eigenvalue weighted by molar-refractivity contribution is -0.416. The molecule has 0 bridgehead atoms. The zero-order valence-electron chi connectivity index (χ0n) is 4.94. The Bertz CT molecular complexity index is 201. The van der Waals surface area contributed by atoms with E-state index < -0.39 is 0 Å². The van der Waals surface area contributed by atoms with Crippen LogP contribution < -0.4 is 0 Å². The average Bonchev–Trinajstić information content (AvgIpc) is 2.15. The van der Waals surface area contributed by atoms with Gasteiger partial charge in [-0.15, -0.1) is 11.3 Å². The Balaban J connectivity index is 2.80. The van der Waals surface area contributed by atoms with Crippen LogP contribution in [0.2, 0.25) is 0 Å². The van der Waals surface area contributed by atoms with Crippen molar-refractivity contribution in [3.05, 3.63) is 21.8 Å². The minimum absolute atomic E-state index is 0.735. The van der Waals surface area contributed by atoms with Gasteiger partial charge >= 0.3 is 0 Å². The third kappa shape index (κ3) is 1.81. The Morgan fingerprint density at radius 2 is 2.67 bits per heavy atom. The molecule has 0 saturated carbocycles. The highest BCUT2D eigenvalue weighted by Crippen LogP contribution is 1.98. The molecule has 4 heteroatoms. The molecule has 0 amide bonds. The number of hydrogen-bond donors (Lipinski definition) is 0. The van der Waals surface area contributed by atoms with Crippen LogP contribution in [0.4, 0.5) is 0 Å². The van der Waals surface area contributed by atoms with Gasteiger partial charge < -0.3 is 5.21 Å². The first kappa shape index (κ1) is 6.22. The zero-order valence-corrected chi connectivity index (χ0v) is 5.76. The van der Waals surface area contributed by atoms with Crippen LogP contribution >= 0.6 is 11.3 Å². The molecule has 0 aliphatic carbocycles. The molecule has 1 rings (SSSR count). The summed E-state index contributed by atoms with van der Waals surface area (Å²) in [5.74, 6) is 0. The van der Waals surface area contributed by atoms with Gasteiger partial charge in [0.1, 0.15) is 7.05 Å². The van der Waals surface area contributed by atoms with Gasteiger partial charge in [0, 0.05) is 11.6 Å². The molecular weight excluding hydrogens is 136 g/mol. The summed E-state index contributed by atoms with van der Waals surface area (Å²) >= 11 is 1.44. The largest absolute Gasteiger partial charge is 0.624 e. The quantitative estimate of drug-likeness (QED) is 0.250. The molecule has 0 aliphatic heterocycles. The molecule has 1 aromatic rings. The Morgan fingerprint density at radius 3 is 3.11 bits per heavy atom. The second-order valence-electron chi connectivity index (χ2n) is 1.55. The fourth-order valence-corrected chi connectivity index (χ4v) is 1.05. The summed E-state index contributed by atoms with van der Waals surface area (Å²) in [6.45, 7) is 0. The maximum Gasteiger partial charge on any atom is 0.210 e. The highest BCUT2D eigenvalue weighted by Gasteiger charge is 1.90. The molecule has 48 valence electrons. The van der Waals surface area contributed by atoms with Crippen molar-refractivity contribution in [3.63, 3.8) is 0 Å². The van der Waals surface area contributed by atoms with Gasteiger partial charge in [0.25, 0.3) is 0 Å². The molecule has 0 N–H and O–H groups in total. The Morgan fingerprint density at radius 1 is 1.89 bits per heavy atom. The van der Waals surface area contributed by atoms with Crippen molar-refractivity contribution in [2.24, 2.45) is 0 Å². The van der Waals surface area contributed by atoms with Crippen LogP contribution in [0, 0.1) is 5.21 Å². The van der Waals surface area contributed by atoms with Crippen LogP contribution in [0.1, 0.15) is 5.01 Å². The van der Waals surface area contributed by atoms with E-state index >= 15 is 0 Å². The fourth-order valence-electron chi connectivity index (χ4n) is 0.454. The second-order valence-corrected chi connectivity index (χ2v) is 2.47. The third-order valence-corrected chi connectivity index (χ3v) is 1.45. The average molecular weight is 142 g/mol. The van der Waals surface area contributed by atoms with E-state index in [1.165, 1.54) is 24.6 Å². The van der Waals surface area contributed by atoms with E-state index in [9.17, 15) is 5.21 Å². The molecule has 0 atom stereocenters. The van der Waals surface area contributed by atoms with Gasteiger partial charge in [-0.1, -0.05) is 0 Å². The minimum atomic E-state index is 0.735. The number of aromatic nitrogens is 1. The SMILES string of the molecule is C/[N+]([O-])=C/c1nccs1. The van der Waals surface area contributed by atoms with Gasteiger partial charge in [-0.25, -0.2) is 9.72 Å². The van der Waals surface area contributed by atoms with Crippen molar-refractivity contribution in [1.82, 2.24) is 4.98 Å². The van der Waals surface area contributed by atoms with Gasteiger partial charge in [-0.2, -0.15) is 0 Å². The van der Waals surface area contributed by atoms with Gasteiger partial charge in [-0.3, -0.25) is 0 Å². The molecule has 9 heavy (non-hydrogen) atoms. The van der Waals surface area contributed by atoms with Gasteiger partial charge in [-0.05, 0) is 0 Å². The molecule has 0 unspecified atom stereocenters. The van der Waals surface area contributed by atoms with E-state index in [1.807, 2.05) is 5.38 Å². The number of rotatable bonds is 1. The van der Waals surface area contributed by atoms with E-state index in [0.29, 0.717) is 0 Å². The lowest BCUT2D eigenvalue weighted by atomic mass is 10.7. The summed E-state index contributed by atoms with van der Waals surface area (Å²) < 4.78 is 0.735. The number of thiazole rings is 1. The van der Waals surface area contributed by atoms with Crippen molar-refractivity contribution in [1.29, 1.82) is 0 Å². The highest BCUT2D eigenvalue weighted by atomic mass is 32.1. The minimum Gasteiger partial charge on any atom is -0.624 e. The lowest BCUT2D eigenvalue weighted by Crippen LogP contribution is -1.95. The fraction of sp³-hybridized carbons (Fsp3) is 0.200. The van der Waals surface area contributed by atoms with Crippen LogP contribution in [-0.4, -0.2) is 23.0 Å². The highest BCUT2D eigenvalue weighted by molar-refractivity contribution is 7.11. The molecule has 0 radical (unpaired) electrons. The number of hydroxylamine groups is 1. The summed E-state index contributed by atoms with van der Waals surface area (Å²) in [6.07, 6.45) is 3.10. The smallest absolute Gasteiger partial charge is 0.210 e. The van der Waals surface area contributed by atoms with Crippen molar-refractivity contribution < 1.29 is 4.74 Å². The molecule has 3 nitrogen and oxygen atoms in total. The third-order valence-electron chi connectivity index (χ3n) is 0.744. The molecule has 0 aromatic carbocycles. The maximum atomic E-state index is 10.3. The summed E-state index contributed by atoms with van der Waals surface area (Å²) in [5.41, 5.74) is 0. The van der Waals surface area contributed by atoms with E-state index in [-0.39, 0.29) is 0 Å². The second kappa shape index (κ2) is 2.59. The van der Waals surface area contributed by atoms with Crippen molar-refractivity contribution in [2.45, 2.75) is 0 Å². The Kier molecular flexibility index (Phi) is 1.79. The van der Waals surface area contributed by atoms with Gasteiger partial charge in [0.15, 0.2) is 5.01 Å². The molecule has 0 aliphatic rings. The Hall–Kier alpha value is -0.900. The van der Waals surface area contributed by atoms with Crippen LogP contribution in [0.5, 0.6) is 0 Å². The van der Waals surface area contributed by atoms with E-state index in [2.05, 4.69) is 4.98 Å². The lowest BCUT2D eigenvalue weighted by Gasteiger charge is -1.89. The standard InChI is InChI=1S/C5H6N2OS/c1-7(8)4-5-6-2-3-9-5/h2-4H,1H3/b7-4-. The molecule has 0 saturated heterocycles. The first-order chi connectivity index (χ1) is 4.29. The normalized spacial score (nSPS) is 11.9. The summed E-state index contributed by atoms with van der Waals surface area (Å²) in [5, 5.41) is 12.9. The molecule has 1 heterocycles. The molecule has 0 spiro atoms. The van der Waals surface area contributed by atoms with Crippen molar-refractivity contribution in [2.75, 3.05) is 7.05 Å². The zero-order chi connectivity index (χ0) is 6.69. The van der Waals surface area contributed by atoms with Crippen molar-refractivity contribution >= 4 is 17.6 Å². The Labute approximate surface area is 56.9 Å². The van der Waals surface area contributed by atoms with Crippen LogP contribution in [-0.2, 0) is 0 Å².